The van der Waals surface area contributed by atoms with Crippen molar-refractivity contribution in [2.75, 3.05) is 5.32 Å². The normalized spacial score (nSPS) is 11.5. The quantitative estimate of drug-likeness (QED) is 0.869. The van der Waals surface area contributed by atoms with Crippen LogP contribution in [0, 0.1) is 5.82 Å². The van der Waals surface area contributed by atoms with Crippen molar-refractivity contribution < 1.29 is 8.81 Å². The molecule has 2 aromatic rings. The molecule has 5 heteroatoms. The van der Waals surface area contributed by atoms with Gasteiger partial charge >= 0.3 is 6.01 Å². The molecule has 0 amide bonds. The molecule has 1 aromatic carbocycles. The second kappa shape index (κ2) is 4.16. The van der Waals surface area contributed by atoms with Crippen LogP contribution in [0.4, 0.5) is 10.4 Å². The zero-order valence-corrected chi connectivity index (χ0v) is 9.99. The maximum Gasteiger partial charge on any atom is 0.316 e. The Kier molecular flexibility index (Phi) is 2.83. The summed E-state index contributed by atoms with van der Waals surface area (Å²) in [5, 5.41) is 10.7. The third-order valence-electron chi connectivity index (χ3n) is 2.01. The Morgan fingerprint density at radius 3 is 2.53 bits per heavy atom. The highest BCUT2D eigenvalue weighted by atomic mass is 19.1. The molecule has 0 unspecified atom stereocenters. The lowest BCUT2D eigenvalue weighted by Crippen LogP contribution is -2.26. The van der Waals surface area contributed by atoms with Gasteiger partial charge in [-0.1, -0.05) is 17.2 Å². The van der Waals surface area contributed by atoms with Crippen molar-refractivity contribution in [3.63, 3.8) is 0 Å². The van der Waals surface area contributed by atoms with Crippen molar-refractivity contribution in [1.82, 2.24) is 10.2 Å². The number of hydrogen-bond donors (Lipinski definition) is 1. The molecule has 2 rings (SSSR count). The summed E-state index contributed by atoms with van der Waals surface area (Å²) in [5.74, 6) is -0.201. The molecule has 0 aliphatic heterocycles. The van der Waals surface area contributed by atoms with Crippen LogP contribution in [0.1, 0.15) is 20.8 Å². The molecule has 0 radical (unpaired) electrons. The van der Waals surface area contributed by atoms with E-state index in [2.05, 4.69) is 15.5 Å². The maximum absolute atomic E-state index is 13.5. The van der Waals surface area contributed by atoms with Gasteiger partial charge in [-0.3, -0.25) is 0 Å². The van der Waals surface area contributed by atoms with Gasteiger partial charge in [0.2, 0.25) is 0 Å². The molecule has 0 saturated heterocycles. The average molecular weight is 235 g/mol. The third kappa shape index (κ3) is 2.81. The first kappa shape index (κ1) is 11.6. The van der Waals surface area contributed by atoms with E-state index in [9.17, 15) is 4.39 Å². The molecule has 90 valence electrons. The molecule has 0 saturated carbocycles. The van der Waals surface area contributed by atoms with Gasteiger partial charge in [-0.05, 0) is 32.9 Å². The van der Waals surface area contributed by atoms with Gasteiger partial charge in [0.25, 0.3) is 5.89 Å². The van der Waals surface area contributed by atoms with Crippen LogP contribution in [0.15, 0.2) is 28.7 Å². The highest BCUT2D eigenvalue weighted by molar-refractivity contribution is 5.54. The summed E-state index contributed by atoms with van der Waals surface area (Å²) < 4.78 is 18.8. The summed E-state index contributed by atoms with van der Waals surface area (Å²) in [6, 6.07) is 6.58. The summed E-state index contributed by atoms with van der Waals surface area (Å²) >= 11 is 0. The van der Waals surface area contributed by atoms with Gasteiger partial charge in [0.1, 0.15) is 5.82 Å². The minimum atomic E-state index is -0.376. The van der Waals surface area contributed by atoms with Gasteiger partial charge in [-0.15, -0.1) is 5.10 Å². The minimum Gasteiger partial charge on any atom is -0.403 e. The van der Waals surface area contributed by atoms with Crippen LogP contribution in [-0.4, -0.2) is 15.7 Å². The molecule has 0 aliphatic rings. The largest absolute Gasteiger partial charge is 0.403 e. The topological polar surface area (TPSA) is 51.0 Å². The number of benzene rings is 1. The van der Waals surface area contributed by atoms with Crippen LogP contribution in [0.3, 0.4) is 0 Å². The molecule has 0 spiro atoms. The van der Waals surface area contributed by atoms with E-state index >= 15 is 0 Å². The molecule has 0 bridgehead atoms. The lowest BCUT2D eigenvalue weighted by molar-refractivity contribution is 0.534. The van der Waals surface area contributed by atoms with E-state index in [0.29, 0.717) is 5.56 Å². The van der Waals surface area contributed by atoms with Crippen molar-refractivity contribution in [3.05, 3.63) is 30.1 Å². The molecule has 0 fully saturated rings. The van der Waals surface area contributed by atoms with Gasteiger partial charge in [0.15, 0.2) is 0 Å². The van der Waals surface area contributed by atoms with Gasteiger partial charge < -0.3 is 9.73 Å². The van der Waals surface area contributed by atoms with Gasteiger partial charge in [0, 0.05) is 5.54 Å². The molecule has 1 aromatic heterocycles. The smallest absolute Gasteiger partial charge is 0.316 e. The van der Waals surface area contributed by atoms with Gasteiger partial charge in [-0.2, -0.15) is 0 Å². The van der Waals surface area contributed by atoms with E-state index in [1.54, 1.807) is 18.2 Å². The number of anilines is 1. The van der Waals surface area contributed by atoms with E-state index < -0.39 is 0 Å². The Bertz CT molecular complexity index is 516. The summed E-state index contributed by atoms with van der Waals surface area (Å²) in [5.41, 5.74) is 0.126. The lowest BCUT2D eigenvalue weighted by Gasteiger charge is -2.17. The number of nitrogens with zero attached hydrogens (tertiary/aromatic N) is 2. The number of aromatic nitrogens is 2. The zero-order chi connectivity index (χ0) is 12.5. The van der Waals surface area contributed by atoms with Crippen molar-refractivity contribution >= 4 is 6.01 Å². The minimum absolute atomic E-state index is 0.176. The van der Waals surface area contributed by atoms with Crippen LogP contribution >= 0.6 is 0 Å². The van der Waals surface area contributed by atoms with E-state index in [1.165, 1.54) is 6.07 Å². The fraction of sp³-hybridized carbons (Fsp3) is 0.333. The molecule has 1 N–H and O–H groups in total. The van der Waals surface area contributed by atoms with Gasteiger partial charge in [0.05, 0.1) is 5.56 Å². The second-order valence-corrected chi connectivity index (χ2v) is 4.77. The molecule has 0 aliphatic carbocycles. The van der Waals surface area contributed by atoms with Crippen LogP contribution in [0.5, 0.6) is 0 Å². The fourth-order valence-corrected chi connectivity index (χ4v) is 1.34. The lowest BCUT2D eigenvalue weighted by atomic mass is 10.1. The van der Waals surface area contributed by atoms with Crippen molar-refractivity contribution in [3.8, 4) is 11.5 Å². The predicted molar refractivity (Wildman–Crippen MR) is 63.1 cm³/mol. The van der Waals surface area contributed by atoms with Crippen LogP contribution in [-0.2, 0) is 0 Å². The number of nitrogens with one attached hydrogen (secondary N) is 1. The third-order valence-corrected chi connectivity index (χ3v) is 2.01. The Labute approximate surface area is 98.9 Å². The first-order valence-corrected chi connectivity index (χ1v) is 5.32. The highest BCUT2D eigenvalue weighted by Gasteiger charge is 2.16. The fourth-order valence-electron chi connectivity index (χ4n) is 1.34. The molecular formula is C12H14FN3O. The van der Waals surface area contributed by atoms with E-state index in [0.717, 1.165) is 0 Å². The molecule has 17 heavy (non-hydrogen) atoms. The van der Waals surface area contributed by atoms with Crippen molar-refractivity contribution in [1.29, 1.82) is 0 Å². The predicted octanol–water partition coefficient (Wildman–Crippen LogP) is 3.09. The van der Waals surface area contributed by atoms with Crippen LogP contribution in [0.2, 0.25) is 0 Å². The zero-order valence-electron chi connectivity index (χ0n) is 9.99. The van der Waals surface area contributed by atoms with Crippen LogP contribution in [0.25, 0.3) is 11.5 Å². The SMILES string of the molecule is CC(C)(C)Nc1nnc(-c2ccccc2F)o1. The first-order chi connectivity index (χ1) is 7.96. The summed E-state index contributed by atoms with van der Waals surface area (Å²) in [6.45, 7) is 5.92. The number of rotatable bonds is 2. The Hall–Kier alpha value is -1.91. The van der Waals surface area contributed by atoms with Crippen LogP contribution < -0.4 is 5.32 Å². The number of halogens is 1. The molecular weight excluding hydrogens is 221 g/mol. The standard InChI is InChI=1S/C12H14FN3O/c1-12(2,3)14-11-16-15-10(17-11)8-6-4-5-7-9(8)13/h4-7H,1-3H3,(H,14,16). The summed E-state index contributed by atoms with van der Waals surface area (Å²) in [7, 11) is 0. The molecule has 1 heterocycles. The van der Waals surface area contributed by atoms with E-state index in [1.807, 2.05) is 20.8 Å². The number of hydrogen-bond acceptors (Lipinski definition) is 4. The summed E-state index contributed by atoms with van der Waals surface area (Å²) in [6.07, 6.45) is 0. The highest BCUT2D eigenvalue weighted by Crippen LogP contribution is 2.23. The van der Waals surface area contributed by atoms with E-state index in [4.69, 9.17) is 4.42 Å². The average Bonchev–Trinajstić information content (AvgIpc) is 2.64. The van der Waals surface area contributed by atoms with Gasteiger partial charge in [-0.25, -0.2) is 4.39 Å². The Balaban J connectivity index is 2.28. The first-order valence-electron chi connectivity index (χ1n) is 5.32. The maximum atomic E-state index is 13.5. The van der Waals surface area contributed by atoms with E-state index in [-0.39, 0.29) is 23.3 Å². The second-order valence-electron chi connectivity index (χ2n) is 4.77. The molecule has 0 atom stereocenters. The Morgan fingerprint density at radius 1 is 1.18 bits per heavy atom. The Morgan fingerprint density at radius 2 is 1.88 bits per heavy atom. The van der Waals surface area contributed by atoms with Crippen molar-refractivity contribution in [2.45, 2.75) is 26.3 Å². The monoisotopic (exact) mass is 235 g/mol. The molecule has 4 nitrogen and oxygen atoms in total. The van der Waals surface area contributed by atoms with Crippen molar-refractivity contribution in [2.24, 2.45) is 0 Å². The summed E-state index contributed by atoms with van der Waals surface area (Å²) in [4.78, 5) is 0.